The molecule has 2 heterocycles. The normalized spacial score (nSPS) is 24.4. The Bertz CT molecular complexity index is 279. The van der Waals surface area contributed by atoms with Crippen LogP contribution in [0.4, 0.5) is 0 Å². The third-order valence-corrected chi connectivity index (χ3v) is 4.14. The second-order valence-corrected chi connectivity index (χ2v) is 6.05. The van der Waals surface area contributed by atoms with Crippen LogP contribution in [0.2, 0.25) is 0 Å². The van der Waals surface area contributed by atoms with E-state index in [1.165, 1.54) is 25.7 Å². The molecular formula is C14H27N3O. The number of carbonyl (C=O) groups excluding carboxylic acids is 1. The van der Waals surface area contributed by atoms with Crippen molar-refractivity contribution >= 4 is 5.91 Å². The molecule has 0 aromatic carbocycles. The van der Waals surface area contributed by atoms with Crippen LogP contribution in [0.1, 0.15) is 45.4 Å². The molecule has 1 amide bonds. The SMILES string of the molecule is CCCC1(N)CN(CC(=O)N2CCCCCC2)C1. The Morgan fingerprint density at radius 2 is 1.78 bits per heavy atom. The smallest absolute Gasteiger partial charge is 0.236 e. The highest BCUT2D eigenvalue weighted by molar-refractivity contribution is 5.78. The van der Waals surface area contributed by atoms with Gasteiger partial charge in [0.1, 0.15) is 0 Å². The zero-order chi connectivity index (χ0) is 13.0. The zero-order valence-electron chi connectivity index (χ0n) is 11.7. The summed E-state index contributed by atoms with van der Waals surface area (Å²) in [5.74, 6) is 0.301. The van der Waals surface area contributed by atoms with Gasteiger partial charge in [-0.25, -0.2) is 0 Å². The van der Waals surface area contributed by atoms with E-state index in [1.54, 1.807) is 0 Å². The highest BCUT2D eigenvalue weighted by atomic mass is 16.2. The number of hydrogen-bond acceptors (Lipinski definition) is 3. The van der Waals surface area contributed by atoms with Crippen molar-refractivity contribution in [3.05, 3.63) is 0 Å². The summed E-state index contributed by atoms with van der Waals surface area (Å²) >= 11 is 0. The van der Waals surface area contributed by atoms with Crippen LogP contribution < -0.4 is 5.73 Å². The molecule has 18 heavy (non-hydrogen) atoms. The van der Waals surface area contributed by atoms with Crippen LogP contribution in [-0.4, -0.2) is 54.0 Å². The lowest BCUT2D eigenvalue weighted by molar-refractivity contribution is -0.134. The molecule has 2 fully saturated rings. The summed E-state index contributed by atoms with van der Waals surface area (Å²) in [5.41, 5.74) is 6.20. The van der Waals surface area contributed by atoms with Crippen LogP contribution in [0.15, 0.2) is 0 Å². The van der Waals surface area contributed by atoms with Crippen molar-refractivity contribution in [1.29, 1.82) is 0 Å². The van der Waals surface area contributed by atoms with Gasteiger partial charge in [-0.1, -0.05) is 26.2 Å². The topological polar surface area (TPSA) is 49.6 Å². The number of carbonyl (C=O) groups is 1. The molecule has 0 aromatic rings. The molecular weight excluding hydrogens is 226 g/mol. The summed E-state index contributed by atoms with van der Waals surface area (Å²) in [7, 11) is 0. The van der Waals surface area contributed by atoms with Gasteiger partial charge in [0.15, 0.2) is 0 Å². The summed E-state index contributed by atoms with van der Waals surface area (Å²) in [6.07, 6.45) is 7.09. The quantitative estimate of drug-likeness (QED) is 0.819. The average Bonchev–Trinajstić information content (AvgIpc) is 2.55. The molecule has 0 spiro atoms. The Morgan fingerprint density at radius 1 is 1.17 bits per heavy atom. The summed E-state index contributed by atoms with van der Waals surface area (Å²) in [6, 6.07) is 0. The fraction of sp³-hybridized carbons (Fsp3) is 0.929. The molecule has 4 nitrogen and oxygen atoms in total. The number of likely N-dealkylation sites (tertiary alicyclic amines) is 2. The van der Waals surface area contributed by atoms with Crippen molar-refractivity contribution in [3.8, 4) is 0 Å². The Labute approximate surface area is 110 Å². The average molecular weight is 253 g/mol. The highest BCUT2D eigenvalue weighted by Crippen LogP contribution is 2.23. The summed E-state index contributed by atoms with van der Waals surface area (Å²) < 4.78 is 0. The van der Waals surface area contributed by atoms with Crippen molar-refractivity contribution in [2.75, 3.05) is 32.7 Å². The van der Waals surface area contributed by atoms with Gasteiger partial charge in [-0.3, -0.25) is 9.69 Å². The Hall–Kier alpha value is -0.610. The van der Waals surface area contributed by atoms with Gasteiger partial charge < -0.3 is 10.6 Å². The van der Waals surface area contributed by atoms with E-state index in [2.05, 4.69) is 11.8 Å². The van der Waals surface area contributed by atoms with E-state index in [-0.39, 0.29) is 5.54 Å². The van der Waals surface area contributed by atoms with Gasteiger partial charge in [-0.2, -0.15) is 0 Å². The van der Waals surface area contributed by atoms with E-state index in [1.807, 2.05) is 4.90 Å². The van der Waals surface area contributed by atoms with Gasteiger partial charge >= 0.3 is 0 Å². The molecule has 0 atom stereocenters. The van der Waals surface area contributed by atoms with Crippen LogP contribution in [0.3, 0.4) is 0 Å². The van der Waals surface area contributed by atoms with Crippen LogP contribution in [0, 0.1) is 0 Å². The Morgan fingerprint density at radius 3 is 2.33 bits per heavy atom. The molecule has 2 N–H and O–H groups in total. The third-order valence-electron chi connectivity index (χ3n) is 4.14. The second-order valence-electron chi connectivity index (χ2n) is 6.05. The lowest BCUT2D eigenvalue weighted by Crippen LogP contribution is -2.68. The van der Waals surface area contributed by atoms with E-state index in [0.29, 0.717) is 12.5 Å². The van der Waals surface area contributed by atoms with E-state index in [0.717, 1.165) is 39.0 Å². The van der Waals surface area contributed by atoms with Crippen LogP contribution in [-0.2, 0) is 4.79 Å². The summed E-state index contributed by atoms with van der Waals surface area (Å²) in [6.45, 7) is 6.42. The van der Waals surface area contributed by atoms with Crippen LogP contribution in [0.25, 0.3) is 0 Å². The standard InChI is InChI=1S/C14H27N3O/c1-2-7-14(15)11-16(12-14)10-13(18)17-8-5-3-4-6-9-17/h2-12,15H2,1H3. The maximum Gasteiger partial charge on any atom is 0.236 e. The molecule has 2 aliphatic heterocycles. The number of hydrogen-bond donors (Lipinski definition) is 1. The van der Waals surface area contributed by atoms with Crippen LogP contribution >= 0.6 is 0 Å². The largest absolute Gasteiger partial charge is 0.342 e. The third kappa shape index (κ3) is 3.45. The lowest BCUT2D eigenvalue weighted by Gasteiger charge is -2.48. The lowest BCUT2D eigenvalue weighted by atomic mass is 9.86. The molecule has 0 unspecified atom stereocenters. The first-order chi connectivity index (χ1) is 8.63. The highest BCUT2D eigenvalue weighted by Gasteiger charge is 2.39. The molecule has 0 saturated carbocycles. The van der Waals surface area contributed by atoms with Crippen molar-refractivity contribution in [2.24, 2.45) is 5.73 Å². The minimum atomic E-state index is -0.0200. The Balaban J connectivity index is 1.72. The van der Waals surface area contributed by atoms with Gasteiger partial charge in [0.05, 0.1) is 6.54 Å². The minimum absolute atomic E-state index is 0.0200. The first-order valence-electron chi connectivity index (χ1n) is 7.42. The monoisotopic (exact) mass is 253 g/mol. The maximum absolute atomic E-state index is 12.2. The number of rotatable bonds is 4. The van der Waals surface area contributed by atoms with Gasteiger partial charge in [0, 0.05) is 31.7 Å². The molecule has 2 aliphatic rings. The first-order valence-corrected chi connectivity index (χ1v) is 7.42. The number of nitrogens with zero attached hydrogens (tertiary/aromatic N) is 2. The maximum atomic E-state index is 12.2. The predicted molar refractivity (Wildman–Crippen MR) is 73.3 cm³/mol. The second kappa shape index (κ2) is 6.02. The van der Waals surface area contributed by atoms with Gasteiger partial charge in [0.2, 0.25) is 5.91 Å². The fourth-order valence-electron chi connectivity index (χ4n) is 3.22. The molecule has 2 rings (SSSR count). The molecule has 0 bridgehead atoms. The van der Waals surface area contributed by atoms with E-state index < -0.39 is 0 Å². The van der Waals surface area contributed by atoms with Crippen molar-refractivity contribution in [2.45, 2.75) is 51.0 Å². The summed E-state index contributed by atoms with van der Waals surface area (Å²) in [5, 5.41) is 0. The number of nitrogens with two attached hydrogens (primary N) is 1. The van der Waals surface area contributed by atoms with Crippen molar-refractivity contribution in [3.63, 3.8) is 0 Å². The first kappa shape index (κ1) is 13.8. The molecule has 0 radical (unpaired) electrons. The van der Waals surface area contributed by atoms with E-state index in [4.69, 9.17) is 5.73 Å². The molecule has 0 aliphatic carbocycles. The Kier molecular flexibility index (Phi) is 4.62. The van der Waals surface area contributed by atoms with Gasteiger partial charge in [-0.15, -0.1) is 0 Å². The molecule has 2 saturated heterocycles. The van der Waals surface area contributed by atoms with E-state index in [9.17, 15) is 4.79 Å². The van der Waals surface area contributed by atoms with Crippen LogP contribution in [0.5, 0.6) is 0 Å². The van der Waals surface area contributed by atoms with Crippen molar-refractivity contribution in [1.82, 2.24) is 9.80 Å². The summed E-state index contributed by atoms with van der Waals surface area (Å²) in [4.78, 5) is 16.4. The van der Waals surface area contributed by atoms with Gasteiger partial charge in [-0.05, 0) is 19.3 Å². The predicted octanol–water partition coefficient (Wildman–Crippen LogP) is 1.20. The van der Waals surface area contributed by atoms with E-state index >= 15 is 0 Å². The minimum Gasteiger partial charge on any atom is -0.342 e. The zero-order valence-corrected chi connectivity index (χ0v) is 11.7. The molecule has 0 aromatic heterocycles. The fourth-order valence-corrected chi connectivity index (χ4v) is 3.22. The number of amides is 1. The van der Waals surface area contributed by atoms with Gasteiger partial charge in [0.25, 0.3) is 0 Å². The molecule has 104 valence electrons. The molecule has 4 heteroatoms. The van der Waals surface area contributed by atoms with Crippen molar-refractivity contribution < 1.29 is 4.79 Å².